The Kier molecular flexibility index (Phi) is 8.76. The molecule has 9 heteroatoms. The van der Waals surface area contributed by atoms with E-state index in [4.69, 9.17) is 11.6 Å². The van der Waals surface area contributed by atoms with Crippen molar-refractivity contribution < 1.29 is 18.0 Å². The van der Waals surface area contributed by atoms with Gasteiger partial charge in [0, 0.05) is 18.6 Å². The molecule has 0 heterocycles. The first-order chi connectivity index (χ1) is 17.0. The molecule has 0 saturated carbocycles. The molecule has 0 spiro atoms. The molecule has 3 rings (SSSR count). The number of benzene rings is 3. The van der Waals surface area contributed by atoms with Crippen molar-refractivity contribution in [3.8, 4) is 0 Å². The quantitative estimate of drug-likeness (QED) is 0.449. The zero-order valence-electron chi connectivity index (χ0n) is 20.7. The van der Waals surface area contributed by atoms with Gasteiger partial charge in [-0.1, -0.05) is 48.0 Å². The van der Waals surface area contributed by atoms with Gasteiger partial charge >= 0.3 is 0 Å². The van der Waals surface area contributed by atoms with Crippen molar-refractivity contribution in [2.75, 3.05) is 17.9 Å². The van der Waals surface area contributed by atoms with Crippen molar-refractivity contribution in [2.24, 2.45) is 0 Å². The van der Waals surface area contributed by atoms with Crippen molar-refractivity contribution in [3.05, 3.63) is 94.5 Å². The van der Waals surface area contributed by atoms with E-state index in [-0.39, 0.29) is 17.3 Å². The van der Waals surface area contributed by atoms with Crippen LogP contribution in [0.3, 0.4) is 0 Å². The second kappa shape index (κ2) is 11.6. The second-order valence-electron chi connectivity index (χ2n) is 8.54. The summed E-state index contributed by atoms with van der Waals surface area (Å²) in [6.45, 7) is 5.01. The van der Waals surface area contributed by atoms with E-state index >= 15 is 0 Å². The van der Waals surface area contributed by atoms with E-state index in [1.807, 2.05) is 19.9 Å². The summed E-state index contributed by atoms with van der Waals surface area (Å²) in [5.41, 5.74) is 2.97. The molecular weight excluding hydrogens is 498 g/mol. The third kappa shape index (κ3) is 6.25. The lowest BCUT2D eigenvalue weighted by Gasteiger charge is -2.32. The number of halogens is 1. The largest absolute Gasteiger partial charge is 0.357 e. The average molecular weight is 528 g/mol. The van der Waals surface area contributed by atoms with Crippen LogP contribution in [0.4, 0.5) is 5.69 Å². The van der Waals surface area contributed by atoms with Gasteiger partial charge in [-0.2, -0.15) is 0 Å². The number of nitrogens with one attached hydrogen (secondary N) is 1. The van der Waals surface area contributed by atoms with Gasteiger partial charge in [0.2, 0.25) is 11.8 Å². The molecule has 0 aromatic heterocycles. The first-order valence-electron chi connectivity index (χ1n) is 11.4. The number of hydrogen-bond acceptors (Lipinski definition) is 4. The summed E-state index contributed by atoms with van der Waals surface area (Å²) in [6, 6.07) is 19.3. The summed E-state index contributed by atoms with van der Waals surface area (Å²) in [6.07, 6.45) is 0. The molecular formula is C27H30ClN3O4S. The van der Waals surface area contributed by atoms with Gasteiger partial charge in [-0.05, 0) is 73.9 Å². The topological polar surface area (TPSA) is 86.8 Å². The van der Waals surface area contributed by atoms with Crippen LogP contribution in [0.5, 0.6) is 0 Å². The zero-order valence-corrected chi connectivity index (χ0v) is 22.3. The van der Waals surface area contributed by atoms with Gasteiger partial charge in [-0.25, -0.2) is 8.42 Å². The van der Waals surface area contributed by atoms with E-state index < -0.39 is 28.5 Å². The monoisotopic (exact) mass is 527 g/mol. The third-order valence-electron chi connectivity index (χ3n) is 6.04. The standard InChI is InChI=1S/C27H30ClN3O4S/c1-19-13-14-24(15-20(19)2)31(36(34,35)25-11-6-5-7-12-25)18-26(32)30(21(3)27(33)29-4)17-22-9-8-10-23(28)16-22/h5-16,21H,17-18H2,1-4H3,(H,29,33)/t21-/m0/s1. The van der Waals surface area contributed by atoms with E-state index in [0.29, 0.717) is 10.7 Å². The van der Waals surface area contributed by atoms with Gasteiger partial charge in [0.15, 0.2) is 0 Å². The summed E-state index contributed by atoms with van der Waals surface area (Å²) in [5, 5.41) is 3.06. The SMILES string of the molecule is CNC(=O)[C@H](C)N(Cc1cccc(Cl)c1)C(=O)CN(c1ccc(C)c(C)c1)S(=O)(=O)c1ccccc1. The number of nitrogens with zero attached hydrogens (tertiary/aromatic N) is 2. The van der Waals surface area contributed by atoms with Crippen molar-refractivity contribution in [1.29, 1.82) is 0 Å². The van der Waals surface area contributed by atoms with Gasteiger partial charge in [-0.3, -0.25) is 13.9 Å². The number of likely N-dealkylation sites (N-methyl/N-ethyl adjacent to an activating group) is 1. The summed E-state index contributed by atoms with van der Waals surface area (Å²) >= 11 is 6.13. The van der Waals surface area contributed by atoms with Crippen LogP contribution >= 0.6 is 11.6 Å². The van der Waals surface area contributed by atoms with Crippen LogP contribution in [0.15, 0.2) is 77.7 Å². The van der Waals surface area contributed by atoms with Gasteiger partial charge in [0.05, 0.1) is 10.6 Å². The Morgan fingerprint density at radius 2 is 1.64 bits per heavy atom. The molecule has 0 radical (unpaired) electrons. The fourth-order valence-corrected chi connectivity index (χ4v) is 5.39. The number of sulfonamides is 1. The molecule has 0 fully saturated rings. The van der Waals surface area contributed by atoms with E-state index in [9.17, 15) is 18.0 Å². The normalized spacial score (nSPS) is 12.0. The minimum atomic E-state index is -4.08. The van der Waals surface area contributed by atoms with Crippen LogP contribution in [-0.2, 0) is 26.2 Å². The molecule has 36 heavy (non-hydrogen) atoms. The van der Waals surface area contributed by atoms with Gasteiger partial charge in [0.1, 0.15) is 12.6 Å². The zero-order chi connectivity index (χ0) is 26.5. The summed E-state index contributed by atoms with van der Waals surface area (Å²) in [5.74, 6) is -0.891. The highest BCUT2D eigenvalue weighted by atomic mass is 35.5. The Labute approximate surface area is 217 Å². The van der Waals surface area contributed by atoms with Gasteiger partial charge in [0.25, 0.3) is 10.0 Å². The summed E-state index contributed by atoms with van der Waals surface area (Å²) in [7, 11) is -2.59. The van der Waals surface area contributed by atoms with Crippen LogP contribution in [0.1, 0.15) is 23.6 Å². The first-order valence-corrected chi connectivity index (χ1v) is 13.3. The average Bonchev–Trinajstić information content (AvgIpc) is 2.87. The predicted molar refractivity (Wildman–Crippen MR) is 142 cm³/mol. The Morgan fingerprint density at radius 3 is 2.25 bits per heavy atom. The van der Waals surface area contributed by atoms with Crippen LogP contribution in [0.25, 0.3) is 0 Å². The third-order valence-corrected chi connectivity index (χ3v) is 8.07. The lowest BCUT2D eigenvalue weighted by atomic mass is 10.1. The molecule has 3 aromatic rings. The van der Waals surface area contributed by atoms with Crippen LogP contribution in [0, 0.1) is 13.8 Å². The minimum Gasteiger partial charge on any atom is -0.357 e. The molecule has 0 aliphatic heterocycles. The van der Waals surface area contributed by atoms with Crippen molar-refractivity contribution in [1.82, 2.24) is 10.2 Å². The molecule has 1 N–H and O–H groups in total. The molecule has 0 aliphatic rings. The lowest BCUT2D eigenvalue weighted by molar-refractivity contribution is -0.139. The first kappa shape index (κ1) is 27.2. The lowest BCUT2D eigenvalue weighted by Crippen LogP contribution is -2.50. The van der Waals surface area contributed by atoms with Crippen molar-refractivity contribution in [3.63, 3.8) is 0 Å². The number of carbonyl (C=O) groups is 2. The molecule has 190 valence electrons. The van der Waals surface area contributed by atoms with E-state index in [1.54, 1.807) is 61.5 Å². The minimum absolute atomic E-state index is 0.0665. The smallest absolute Gasteiger partial charge is 0.264 e. The highest BCUT2D eigenvalue weighted by Crippen LogP contribution is 2.26. The maximum atomic E-state index is 13.7. The predicted octanol–water partition coefficient (Wildman–Crippen LogP) is 4.32. The number of aryl methyl sites for hydroxylation is 2. The Balaban J connectivity index is 2.05. The number of hydrogen-bond donors (Lipinski definition) is 1. The molecule has 0 aliphatic carbocycles. The fourth-order valence-electron chi connectivity index (χ4n) is 3.75. The Morgan fingerprint density at radius 1 is 0.944 bits per heavy atom. The van der Waals surface area contributed by atoms with E-state index in [1.165, 1.54) is 24.1 Å². The van der Waals surface area contributed by atoms with Gasteiger partial charge in [-0.15, -0.1) is 0 Å². The molecule has 0 bridgehead atoms. The molecule has 0 unspecified atom stereocenters. The number of amides is 2. The van der Waals surface area contributed by atoms with Crippen LogP contribution < -0.4 is 9.62 Å². The van der Waals surface area contributed by atoms with Crippen molar-refractivity contribution >= 4 is 39.1 Å². The summed E-state index contributed by atoms with van der Waals surface area (Å²) < 4.78 is 28.5. The molecule has 3 aromatic carbocycles. The van der Waals surface area contributed by atoms with Gasteiger partial charge < -0.3 is 10.2 Å². The maximum Gasteiger partial charge on any atom is 0.264 e. The number of carbonyl (C=O) groups excluding carboxylic acids is 2. The fraction of sp³-hybridized carbons (Fsp3) is 0.259. The van der Waals surface area contributed by atoms with Crippen molar-refractivity contribution in [2.45, 2.75) is 38.3 Å². The molecule has 1 atom stereocenters. The Bertz CT molecular complexity index is 1350. The second-order valence-corrected chi connectivity index (χ2v) is 10.8. The summed E-state index contributed by atoms with van der Waals surface area (Å²) in [4.78, 5) is 27.6. The number of anilines is 1. The molecule has 0 saturated heterocycles. The van der Waals surface area contributed by atoms with Crippen LogP contribution in [0.2, 0.25) is 5.02 Å². The van der Waals surface area contributed by atoms with E-state index in [0.717, 1.165) is 21.0 Å². The highest BCUT2D eigenvalue weighted by molar-refractivity contribution is 7.92. The van der Waals surface area contributed by atoms with Crippen LogP contribution in [-0.4, -0.2) is 44.8 Å². The highest BCUT2D eigenvalue weighted by Gasteiger charge is 2.32. The Hall–Kier alpha value is -3.36. The van der Waals surface area contributed by atoms with E-state index in [2.05, 4.69) is 5.32 Å². The maximum absolute atomic E-state index is 13.7. The number of rotatable bonds is 9. The molecule has 2 amide bonds. The molecule has 7 nitrogen and oxygen atoms in total.